The zero-order valence-electron chi connectivity index (χ0n) is 16.9. The Kier molecular flexibility index (Phi) is 7.82. The number of ether oxygens (including phenoxy) is 1. The number of rotatable bonds is 7. The van der Waals surface area contributed by atoms with Gasteiger partial charge in [0.1, 0.15) is 0 Å². The first-order valence-corrected chi connectivity index (χ1v) is 10.1. The molecular formula is C22H31N5O. The number of pyridine rings is 1. The van der Waals surface area contributed by atoms with Crippen LogP contribution in [0.15, 0.2) is 53.7 Å². The third-order valence-corrected chi connectivity index (χ3v) is 4.89. The Morgan fingerprint density at radius 3 is 2.79 bits per heavy atom. The summed E-state index contributed by atoms with van der Waals surface area (Å²) < 4.78 is 5.44. The highest BCUT2D eigenvalue weighted by Crippen LogP contribution is 2.18. The molecule has 1 atom stereocenters. The smallest absolute Gasteiger partial charge is 0.191 e. The van der Waals surface area contributed by atoms with Gasteiger partial charge in [-0.15, -0.1) is 0 Å². The number of aliphatic imine (C=N–C) groups is 1. The fourth-order valence-electron chi connectivity index (χ4n) is 3.27. The zero-order valence-corrected chi connectivity index (χ0v) is 16.9. The molecule has 1 saturated heterocycles. The molecule has 1 aliphatic rings. The van der Waals surface area contributed by atoms with Crippen LogP contribution in [0.1, 0.15) is 19.4 Å². The van der Waals surface area contributed by atoms with Crippen LogP contribution in [0.2, 0.25) is 0 Å². The first-order valence-electron chi connectivity index (χ1n) is 10.1. The second-order valence-corrected chi connectivity index (χ2v) is 6.99. The quantitative estimate of drug-likeness (QED) is 0.570. The summed E-state index contributed by atoms with van der Waals surface area (Å²) in [5.41, 5.74) is 3.27. The molecule has 1 aliphatic heterocycles. The lowest BCUT2D eigenvalue weighted by Crippen LogP contribution is -2.49. The third kappa shape index (κ3) is 6.04. The minimum atomic E-state index is 0.445. The maximum atomic E-state index is 5.44. The summed E-state index contributed by atoms with van der Waals surface area (Å²) in [6.07, 6.45) is 1.82. The summed E-state index contributed by atoms with van der Waals surface area (Å²) >= 11 is 0. The maximum Gasteiger partial charge on any atom is 0.191 e. The van der Waals surface area contributed by atoms with Crippen molar-refractivity contribution >= 4 is 5.96 Å². The first kappa shape index (κ1) is 20.3. The summed E-state index contributed by atoms with van der Waals surface area (Å²) in [7, 11) is 0. The second-order valence-electron chi connectivity index (χ2n) is 6.99. The molecule has 0 radical (unpaired) electrons. The molecule has 2 N–H and O–H groups in total. The van der Waals surface area contributed by atoms with Crippen molar-refractivity contribution in [2.45, 2.75) is 26.4 Å². The van der Waals surface area contributed by atoms with Crippen molar-refractivity contribution < 1.29 is 4.74 Å². The number of hydrogen-bond donors (Lipinski definition) is 2. The predicted molar refractivity (Wildman–Crippen MR) is 114 cm³/mol. The lowest BCUT2D eigenvalue weighted by Gasteiger charge is -2.32. The van der Waals surface area contributed by atoms with E-state index in [1.165, 1.54) is 5.56 Å². The standard InChI is InChI=1S/C22H31N5O/c1-3-23-22(25-16-18(2)27-11-13-28-14-12-27)26-17-19-7-6-8-20(15-19)21-9-4-5-10-24-21/h4-10,15,18H,3,11-14,16-17H2,1-2H3,(H2,23,25,26). The van der Waals surface area contributed by atoms with Gasteiger partial charge in [0.2, 0.25) is 0 Å². The lowest BCUT2D eigenvalue weighted by atomic mass is 10.1. The van der Waals surface area contributed by atoms with Gasteiger partial charge in [-0.25, -0.2) is 4.99 Å². The SMILES string of the molecule is CCNC(=NCc1cccc(-c2ccccn2)c1)NCC(C)N1CCOCC1. The number of nitrogens with one attached hydrogen (secondary N) is 2. The molecule has 0 bridgehead atoms. The molecule has 2 heterocycles. The second kappa shape index (κ2) is 10.8. The normalized spacial score (nSPS) is 16.6. The molecule has 1 aromatic heterocycles. The van der Waals surface area contributed by atoms with Gasteiger partial charge in [-0.05, 0) is 37.6 Å². The highest BCUT2D eigenvalue weighted by molar-refractivity contribution is 5.79. The van der Waals surface area contributed by atoms with Crippen LogP contribution < -0.4 is 10.6 Å². The maximum absolute atomic E-state index is 5.44. The topological polar surface area (TPSA) is 61.8 Å². The van der Waals surface area contributed by atoms with Crippen molar-refractivity contribution in [1.82, 2.24) is 20.5 Å². The van der Waals surface area contributed by atoms with Gasteiger partial charge in [-0.3, -0.25) is 9.88 Å². The van der Waals surface area contributed by atoms with E-state index in [9.17, 15) is 0 Å². The van der Waals surface area contributed by atoms with Gasteiger partial charge in [0.25, 0.3) is 0 Å². The van der Waals surface area contributed by atoms with E-state index in [1.54, 1.807) is 0 Å². The summed E-state index contributed by atoms with van der Waals surface area (Å²) in [5.74, 6) is 0.853. The van der Waals surface area contributed by atoms with Gasteiger partial charge in [-0.2, -0.15) is 0 Å². The van der Waals surface area contributed by atoms with Crippen LogP contribution in [0, 0.1) is 0 Å². The molecule has 1 unspecified atom stereocenters. The minimum absolute atomic E-state index is 0.445. The van der Waals surface area contributed by atoms with E-state index in [0.29, 0.717) is 12.6 Å². The van der Waals surface area contributed by atoms with E-state index >= 15 is 0 Å². The Balaban J connectivity index is 1.59. The number of benzene rings is 1. The van der Waals surface area contributed by atoms with Crippen molar-refractivity contribution in [1.29, 1.82) is 0 Å². The van der Waals surface area contributed by atoms with Crippen LogP contribution >= 0.6 is 0 Å². The van der Waals surface area contributed by atoms with Gasteiger partial charge < -0.3 is 15.4 Å². The number of aromatic nitrogens is 1. The molecular weight excluding hydrogens is 350 g/mol. The Hall–Kier alpha value is -2.44. The molecule has 0 amide bonds. The molecule has 6 heteroatoms. The number of hydrogen-bond acceptors (Lipinski definition) is 4. The van der Waals surface area contributed by atoms with Gasteiger partial charge in [0, 0.05) is 44.0 Å². The molecule has 1 fully saturated rings. The molecule has 28 heavy (non-hydrogen) atoms. The Labute approximate surface area is 168 Å². The highest BCUT2D eigenvalue weighted by atomic mass is 16.5. The lowest BCUT2D eigenvalue weighted by molar-refractivity contribution is 0.0211. The molecule has 3 rings (SSSR count). The van der Waals surface area contributed by atoms with Crippen LogP contribution in [-0.4, -0.2) is 61.3 Å². The van der Waals surface area contributed by atoms with Crippen molar-refractivity contribution in [3.05, 3.63) is 54.2 Å². The van der Waals surface area contributed by atoms with Crippen LogP contribution in [0.5, 0.6) is 0 Å². The van der Waals surface area contributed by atoms with E-state index in [-0.39, 0.29) is 0 Å². The average Bonchev–Trinajstić information content (AvgIpc) is 2.77. The van der Waals surface area contributed by atoms with Crippen molar-refractivity contribution in [3.8, 4) is 11.3 Å². The van der Waals surface area contributed by atoms with Gasteiger partial charge in [0.15, 0.2) is 5.96 Å². The van der Waals surface area contributed by atoms with Crippen LogP contribution in [0.25, 0.3) is 11.3 Å². The minimum Gasteiger partial charge on any atom is -0.379 e. The number of nitrogens with zero attached hydrogens (tertiary/aromatic N) is 3. The van der Waals surface area contributed by atoms with E-state index in [1.807, 2.05) is 24.4 Å². The van der Waals surface area contributed by atoms with Crippen molar-refractivity contribution in [2.75, 3.05) is 39.4 Å². The number of morpholine rings is 1. The largest absolute Gasteiger partial charge is 0.379 e. The molecule has 6 nitrogen and oxygen atoms in total. The third-order valence-electron chi connectivity index (χ3n) is 4.89. The van der Waals surface area contributed by atoms with Crippen LogP contribution in [0.3, 0.4) is 0 Å². The van der Waals surface area contributed by atoms with E-state index in [4.69, 9.17) is 9.73 Å². The summed E-state index contributed by atoms with van der Waals surface area (Å²) in [5, 5.41) is 6.82. The Bertz CT molecular complexity index is 744. The predicted octanol–water partition coefficient (Wildman–Crippen LogP) is 2.52. The fraction of sp³-hybridized carbons (Fsp3) is 0.455. The van der Waals surface area contributed by atoms with Crippen molar-refractivity contribution in [3.63, 3.8) is 0 Å². The number of guanidine groups is 1. The van der Waals surface area contributed by atoms with Crippen LogP contribution in [-0.2, 0) is 11.3 Å². The van der Waals surface area contributed by atoms with Gasteiger partial charge in [-0.1, -0.05) is 24.3 Å². The molecule has 0 aliphatic carbocycles. The average molecular weight is 382 g/mol. The summed E-state index contributed by atoms with van der Waals surface area (Å²) in [6, 6.07) is 14.8. The molecule has 1 aromatic carbocycles. The van der Waals surface area contributed by atoms with Gasteiger partial charge in [0.05, 0.1) is 25.5 Å². The highest BCUT2D eigenvalue weighted by Gasteiger charge is 2.16. The van der Waals surface area contributed by atoms with E-state index < -0.39 is 0 Å². The van der Waals surface area contributed by atoms with E-state index in [2.05, 4.69) is 58.6 Å². The summed E-state index contributed by atoms with van der Waals surface area (Å²) in [6.45, 7) is 10.3. The molecule has 0 saturated carbocycles. The zero-order chi connectivity index (χ0) is 19.6. The van der Waals surface area contributed by atoms with Crippen molar-refractivity contribution in [2.24, 2.45) is 4.99 Å². The molecule has 0 spiro atoms. The molecule has 150 valence electrons. The van der Waals surface area contributed by atoms with Crippen LogP contribution in [0.4, 0.5) is 0 Å². The monoisotopic (exact) mass is 381 g/mol. The Morgan fingerprint density at radius 2 is 2.04 bits per heavy atom. The van der Waals surface area contributed by atoms with Gasteiger partial charge >= 0.3 is 0 Å². The molecule has 2 aromatic rings. The van der Waals surface area contributed by atoms with E-state index in [0.717, 1.165) is 56.6 Å². The first-order chi connectivity index (χ1) is 13.8. The fourth-order valence-corrected chi connectivity index (χ4v) is 3.27. The summed E-state index contributed by atoms with van der Waals surface area (Å²) in [4.78, 5) is 11.7. The Morgan fingerprint density at radius 1 is 1.18 bits per heavy atom.